The number of fused-ring (bicyclic) bond motifs is 1. The van der Waals surface area contributed by atoms with E-state index >= 15 is 0 Å². The topological polar surface area (TPSA) is 84.8 Å². The first-order valence-corrected chi connectivity index (χ1v) is 12.6. The Bertz CT molecular complexity index is 1620. The van der Waals surface area contributed by atoms with Gasteiger partial charge in [-0.3, -0.25) is 9.36 Å². The summed E-state index contributed by atoms with van der Waals surface area (Å²) < 4.78 is 46.3. The van der Waals surface area contributed by atoms with Gasteiger partial charge in [0.15, 0.2) is 11.0 Å². The van der Waals surface area contributed by atoms with Gasteiger partial charge >= 0.3 is 6.18 Å². The molecule has 38 heavy (non-hydrogen) atoms. The summed E-state index contributed by atoms with van der Waals surface area (Å²) in [6, 6.07) is 17.8. The number of ether oxygens (including phenoxy) is 1. The Morgan fingerprint density at radius 2 is 1.87 bits per heavy atom. The number of rotatable bonds is 7. The fourth-order valence-corrected chi connectivity index (χ4v) is 4.79. The number of nitrogens with zero attached hydrogens (tertiary/aromatic N) is 3. The van der Waals surface area contributed by atoms with Crippen molar-refractivity contribution in [2.45, 2.75) is 11.3 Å². The van der Waals surface area contributed by atoms with Crippen LogP contribution in [0, 0.1) is 0 Å². The molecule has 5 rings (SSSR count). The highest BCUT2D eigenvalue weighted by Gasteiger charge is 2.31. The van der Waals surface area contributed by atoms with Gasteiger partial charge in [0.2, 0.25) is 5.91 Å². The Hall–Kier alpha value is -3.96. The van der Waals surface area contributed by atoms with E-state index in [4.69, 9.17) is 16.3 Å². The first-order chi connectivity index (χ1) is 18.2. The average Bonchev–Trinajstić information content (AvgIpc) is 3.52. The van der Waals surface area contributed by atoms with Crippen LogP contribution in [0.1, 0.15) is 5.56 Å². The molecule has 0 spiro atoms. The fourth-order valence-electron chi connectivity index (χ4n) is 3.87. The maximum Gasteiger partial charge on any atom is 0.416 e. The lowest BCUT2D eigenvalue weighted by molar-refractivity contribution is -0.137. The van der Waals surface area contributed by atoms with E-state index < -0.39 is 17.6 Å². The van der Waals surface area contributed by atoms with E-state index in [2.05, 4.69) is 20.5 Å². The molecule has 12 heteroatoms. The molecule has 0 aliphatic carbocycles. The third kappa shape index (κ3) is 5.20. The number of benzene rings is 3. The number of alkyl halides is 3. The molecule has 0 aliphatic rings. The number of thioether (sulfide) groups is 1. The van der Waals surface area contributed by atoms with Gasteiger partial charge in [0.05, 0.1) is 29.1 Å². The van der Waals surface area contributed by atoms with Crippen LogP contribution in [0.5, 0.6) is 5.75 Å². The van der Waals surface area contributed by atoms with Crippen molar-refractivity contribution in [3.05, 3.63) is 83.5 Å². The van der Waals surface area contributed by atoms with E-state index in [9.17, 15) is 18.0 Å². The van der Waals surface area contributed by atoms with Crippen molar-refractivity contribution >= 4 is 45.9 Å². The number of para-hydroxylation sites is 1. The van der Waals surface area contributed by atoms with E-state index in [1.165, 1.54) is 0 Å². The minimum absolute atomic E-state index is 0.000582. The molecule has 194 valence electrons. The third-order valence-electron chi connectivity index (χ3n) is 5.69. The maximum absolute atomic E-state index is 13.1. The monoisotopic (exact) mass is 557 g/mol. The molecule has 0 atom stereocenters. The van der Waals surface area contributed by atoms with Gasteiger partial charge in [-0.05, 0) is 48.5 Å². The van der Waals surface area contributed by atoms with Gasteiger partial charge in [0, 0.05) is 28.4 Å². The molecule has 0 fully saturated rings. The van der Waals surface area contributed by atoms with Crippen molar-refractivity contribution in [2.24, 2.45) is 0 Å². The summed E-state index contributed by atoms with van der Waals surface area (Å²) in [4.78, 5) is 15.9. The molecule has 0 aliphatic heterocycles. The van der Waals surface area contributed by atoms with Crippen LogP contribution in [-0.4, -0.2) is 38.5 Å². The molecule has 0 unspecified atom stereocenters. The predicted molar refractivity (Wildman–Crippen MR) is 141 cm³/mol. The summed E-state index contributed by atoms with van der Waals surface area (Å²) in [7, 11) is 1.57. The number of hydrogen-bond acceptors (Lipinski definition) is 5. The van der Waals surface area contributed by atoms with Crippen LogP contribution in [0.4, 0.5) is 18.9 Å². The summed E-state index contributed by atoms with van der Waals surface area (Å²) >= 11 is 7.11. The van der Waals surface area contributed by atoms with E-state index in [0.29, 0.717) is 16.7 Å². The largest absolute Gasteiger partial charge is 0.497 e. The number of nitrogens with one attached hydrogen (secondary N) is 2. The second kappa shape index (κ2) is 10.4. The SMILES string of the molecule is COc1ccc(-n2c(SCC(=O)Nc3cc(C(F)(F)F)ccc3Cl)nnc2-c2c[nH]c3ccccc23)cc1. The lowest BCUT2D eigenvalue weighted by Gasteiger charge is -2.12. The lowest BCUT2D eigenvalue weighted by Crippen LogP contribution is -2.16. The molecule has 0 saturated heterocycles. The normalized spacial score (nSPS) is 11.6. The number of carbonyl (C=O) groups is 1. The summed E-state index contributed by atoms with van der Waals surface area (Å²) in [5.74, 6) is 0.530. The minimum Gasteiger partial charge on any atom is -0.497 e. The lowest BCUT2D eigenvalue weighted by atomic mass is 10.1. The second-order valence-electron chi connectivity index (χ2n) is 8.12. The van der Waals surface area contributed by atoms with Crippen LogP contribution in [-0.2, 0) is 11.0 Å². The number of H-pyrrole nitrogens is 1. The van der Waals surface area contributed by atoms with Crippen LogP contribution in [0.3, 0.4) is 0 Å². The standard InChI is InChI=1S/C26H19ClF3N5O2S/c1-37-17-9-7-16(8-10-17)35-24(19-13-31-21-5-3-2-4-18(19)21)33-34-25(35)38-14-23(36)32-22-12-15(26(28,29)30)6-11-20(22)27/h2-13,31H,14H2,1H3,(H,32,36). The van der Waals surface area contributed by atoms with Crippen LogP contribution in [0.15, 0.2) is 78.1 Å². The van der Waals surface area contributed by atoms with Gasteiger partial charge in [0.1, 0.15) is 5.75 Å². The van der Waals surface area contributed by atoms with E-state index in [0.717, 1.165) is 52.1 Å². The molecular weight excluding hydrogens is 539 g/mol. The molecular formula is C26H19ClF3N5O2S. The van der Waals surface area contributed by atoms with Crippen LogP contribution >= 0.6 is 23.4 Å². The molecule has 0 saturated carbocycles. The molecule has 2 aromatic heterocycles. The van der Waals surface area contributed by atoms with Crippen molar-refractivity contribution in [1.82, 2.24) is 19.7 Å². The molecule has 2 N–H and O–H groups in total. The molecule has 1 amide bonds. The molecule has 5 aromatic rings. The Kier molecular flexibility index (Phi) is 7.04. The zero-order chi connectivity index (χ0) is 26.9. The number of halogens is 4. The molecule has 0 radical (unpaired) electrons. The van der Waals surface area contributed by atoms with E-state index in [-0.39, 0.29) is 16.5 Å². The summed E-state index contributed by atoms with van der Waals surface area (Å²) in [6.45, 7) is 0. The zero-order valence-electron chi connectivity index (χ0n) is 19.7. The van der Waals surface area contributed by atoms with Gasteiger partial charge in [-0.25, -0.2) is 0 Å². The average molecular weight is 558 g/mol. The van der Waals surface area contributed by atoms with Gasteiger partial charge in [-0.2, -0.15) is 13.2 Å². The fraction of sp³-hybridized carbons (Fsp3) is 0.115. The highest BCUT2D eigenvalue weighted by molar-refractivity contribution is 7.99. The highest BCUT2D eigenvalue weighted by atomic mass is 35.5. The molecule has 2 heterocycles. The Morgan fingerprint density at radius 1 is 1.11 bits per heavy atom. The van der Waals surface area contributed by atoms with Gasteiger partial charge in [-0.15, -0.1) is 10.2 Å². The zero-order valence-corrected chi connectivity index (χ0v) is 21.3. The number of anilines is 1. The van der Waals surface area contributed by atoms with Gasteiger partial charge in [0.25, 0.3) is 0 Å². The Morgan fingerprint density at radius 3 is 2.61 bits per heavy atom. The van der Waals surface area contributed by atoms with Crippen molar-refractivity contribution in [2.75, 3.05) is 18.2 Å². The summed E-state index contributed by atoms with van der Waals surface area (Å²) in [6.07, 6.45) is -2.72. The van der Waals surface area contributed by atoms with Crippen LogP contribution < -0.4 is 10.1 Å². The number of amides is 1. The second-order valence-corrected chi connectivity index (χ2v) is 9.47. The first kappa shape index (κ1) is 25.7. The number of methoxy groups -OCH3 is 1. The van der Waals surface area contributed by atoms with Crippen molar-refractivity contribution in [3.8, 4) is 22.8 Å². The molecule has 0 bridgehead atoms. The van der Waals surface area contributed by atoms with Crippen molar-refractivity contribution in [1.29, 1.82) is 0 Å². The van der Waals surface area contributed by atoms with Gasteiger partial charge in [-0.1, -0.05) is 41.6 Å². The number of aromatic nitrogens is 4. The first-order valence-electron chi connectivity index (χ1n) is 11.2. The van der Waals surface area contributed by atoms with Crippen molar-refractivity contribution in [3.63, 3.8) is 0 Å². The smallest absolute Gasteiger partial charge is 0.416 e. The van der Waals surface area contributed by atoms with Gasteiger partial charge < -0.3 is 15.0 Å². The maximum atomic E-state index is 13.1. The number of hydrogen-bond donors (Lipinski definition) is 2. The Labute approximate surface area is 224 Å². The minimum atomic E-state index is -4.56. The number of aromatic amines is 1. The third-order valence-corrected chi connectivity index (χ3v) is 6.95. The summed E-state index contributed by atoms with van der Waals surface area (Å²) in [5.41, 5.74) is 1.45. The molecule has 3 aromatic carbocycles. The van der Waals surface area contributed by atoms with E-state index in [1.54, 1.807) is 19.2 Å². The summed E-state index contributed by atoms with van der Waals surface area (Å²) in [5, 5.41) is 12.5. The number of carbonyl (C=O) groups excluding carboxylic acids is 1. The van der Waals surface area contributed by atoms with Crippen molar-refractivity contribution < 1.29 is 22.7 Å². The highest BCUT2D eigenvalue weighted by Crippen LogP contribution is 2.35. The van der Waals surface area contributed by atoms with Crippen LogP contribution in [0.25, 0.3) is 28.0 Å². The van der Waals surface area contributed by atoms with E-state index in [1.807, 2.05) is 47.2 Å². The molecule has 7 nitrogen and oxygen atoms in total. The van der Waals surface area contributed by atoms with Crippen LogP contribution in [0.2, 0.25) is 5.02 Å². The quantitative estimate of drug-likeness (QED) is 0.214. The Balaban J connectivity index is 1.44. The predicted octanol–water partition coefficient (Wildman–Crippen LogP) is 6.83.